The van der Waals surface area contributed by atoms with Crippen LogP contribution in [0.4, 0.5) is 0 Å². The molecular formula is C14H13N5O3. The second-order valence-corrected chi connectivity index (χ2v) is 4.72. The van der Waals surface area contributed by atoms with Crippen LogP contribution in [-0.2, 0) is 6.42 Å². The molecule has 112 valence electrons. The standard InChI is InChI=1S/C14H13N5O3/c20-12(11-13(21)17-14(22)19-18-11)15-6-5-8-7-16-10-4-2-1-3-9(8)10/h1-4,7,16H,5-6H2,(H,15,20)(H2,17,19,21,22). The monoisotopic (exact) mass is 299 g/mol. The zero-order valence-corrected chi connectivity index (χ0v) is 11.5. The fourth-order valence-electron chi connectivity index (χ4n) is 2.23. The minimum absolute atomic E-state index is 0.348. The summed E-state index contributed by atoms with van der Waals surface area (Å²) in [6.45, 7) is 0.348. The lowest BCUT2D eigenvalue weighted by molar-refractivity contribution is 0.0946. The van der Waals surface area contributed by atoms with Gasteiger partial charge < -0.3 is 10.3 Å². The molecule has 0 saturated carbocycles. The van der Waals surface area contributed by atoms with Crippen molar-refractivity contribution in [2.45, 2.75) is 6.42 Å². The second-order valence-electron chi connectivity index (χ2n) is 4.72. The van der Waals surface area contributed by atoms with Gasteiger partial charge in [0.15, 0.2) is 0 Å². The number of para-hydroxylation sites is 1. The number of carbonyl (C=O) groups excluding carboxylic acids is 1. The van der Waals surface area contributed by atoms with E-state index in [-0.39, 0.29) is 5.69 Å². The Morgan fingerprint density at radius 3 is 2.86 bits per heavy atom. The van der Waals surface area contributed by atoms with Crippen LogP contribution in [0, 0.1) is 0 Å². The van der Waals surface area contributed by atoms with Gasteiger partial charge in [0, 0.05) is 23.6 Å². The topological polar surface area (TPSA) is 123 Å². The van der Waals surface area contributed by atoms with Crippen molar-refractivity contribution in [2.24, 2.45) is 0 Å². The number of aromatic amines is 3. The van der Waals surface area contributed by atoms with E-state index in [9.17, 15) is 14.4 Å². The molecule has 2 heterocycles. The molecule has 4 N–H and O–H groups in total. The predicted molar refractivity (Wildman–Crippen MR) is 79.8 cm³/mol. The summed E-state index contributed by atoms with van der Waals surface area (Å²) in [5.74, 6) is -0.627. The molecule has 0 bridgehead atoms. The zero-order chi connectivity index (χ0) is 15.5. The molecule has 0 spiro atoms. The van der Waals surface area contributed by atoms with Gasteiger partial charge in [-0.3, -0.25) is 14.6 Å². The number of amides is 1. The fraction of sp³-hybridized carbons (Fsp3) is 0.143. The molecule has 2 aromatic heterocycles. The normalized spacial score (nSPS) is 10.7. The smallest absolute Gasteiger partial charge is 0.342 e. The molecule has 3 rings (SSSR count). The van der Waals surface area contributed by atoms with Crippen molar-refractivity contribution in [1.82, 2.24) is 25.5 Å². The average molecular weight is 299 g/mol. The van der Waals surface area contributed by atoms with Crippen molar-refractivity contribution in [3.05, 3.63) is 62.6 Å². The third-order valence-corrected chi connectivity index (χ3v) is 3.28. The Bertz CT molecular complexity index is 937. The molecule has 0 unspecified atom stereocenters. The molecule has 0 saturated heterocycles. The number of nitrogens with zero attached hydrogens (tertiary/aromatic N) is 1. The van der Waals surface area contributed by atoms with E-state index < -0.39 is 17.2 Å². The number of nitrogens with one attached hydrogen (secondary N) is 4. The average Bonchev–Trinajstić information content (AvgIpc) is 2.90. The van der Waals surface area contributed by atoms with Gasteiger partial charge in [-0.15, -0.1) is 0 Å². The number of fused-ring (bicyclic) bond motifs is 1. The van der Waals surface area contributed by atoms with Gasteiger partial charge in [-0.1, -0.05) is 18.2 Å². The summed E-state index contributed by atoms with van der Waals surface area (Å²) in [5.41, 5.74) is 0.175. The third kappa shape index (κ3) is 2.66. The molecule has 8 heteroatoms. The van der Waals surface area contributed by atoms with E-state index in [0.29, 0.717) is 13.0 Å². The van der Waals surface area contributed by atoms with Gasteiger partial charge in [-0.2, -0.15) is 5.10 Å². The van der Waals surface area contributed by atoms with E-state index in [1.54, 1.807) is 0 Å². The Morgan fingerprint density at radius 1 is 1.23 bits per heavy atom. The minimum Gasteiger partial charge on any atom is -0.361 e. The van der Waals surface area contributed by atoms with Crippen LogP contribution in [0.1, 0.15) is 16.1 Å². The molecule has 1 aromatic carbocycles. The Kier molecular flexibility index (Phi) is 3.57. The van der Waals surface area contributed by atoms with Crippen LogP contribution in [0.25, 0.3) is 10.9 Å². The molecular weight excluding hydrogens is 286 g/mol. The number of rotatable bonds is 4. The van der Waals surface area contributed by atoms with Gasteiger partial charge in [0.2, 0.25) is 5.69 Å². The lowest BCUT2D eigenvalue weighted by atomic mass is 10.1. The van der Waals surface area contributed by atoms with E-state index in [0.717, 1.165) is 16.5 Å². The Labute approximate surface area is 123 Å². The van der Waals surface area contributed by atoms with Crippen LogP contribution >= 0.6 is 0 Å². The Morgan fingerprint density at radius 2 is 2.05 bits per heavy atom. The Hall–Kier alpha value is -3.16. The molecule has 8 nitrogen and oxygen atoms in total. The summed E-state index contributed by atoms with van der Waals surface area (Å²) in [4.78, 5) is 39.2. The maximum Gasteiger partial charge on any atom is 0.342 e. The zero-order valence-electron chi connectivity index (χ0n) is 11.5. The van der Waals surface area contributed by atoms with Gasteiger partial charge in [-0.05, 0) is 18.1 Å². The quantitative estimate of drug-likeness (QED) is 0.537. The highest BCUT2D eigenvalue weighted by Crippen LogP contribution is 2.17. The van der Waals surface area contributed by atoms with Crippen LogP contribution in [-0.4, -0.2) is 32.6 Å². The summed E-state index contributed by atoms with van der Waals surface area (Å²) in [5, 5.41) is 9.17. The number of H-pyrrole nitrogens is 3. The largest absolute Gasteiger partial charge is 0.361 e. The van der Waals surface area contributed by atoms with Gasteiger partial charge >= 0.3 is 5.69 Å². The molecule has 0 atom stereocenters. The number of carbonyl (C=O) groups is 1. The van der Waals surface area contributed by atoms with Gasteiger partial charge in [-0.25, -0.2) is 9.89 Å². The van der Waals surface area contributed by atoms with Crippen molar-refractivity contribution in [1.29, 1.82) is 0 Å². The summed E-state index contributed by atoms with van der Waals surface area (Å²) < 4.78 is 0. The first kappa shape index (κ1) is 13.8. The SMILES string of the molecule is O=C(NCCc1c[nH]c2ccccc12)c1n[nH]c(=O)[nH]c1=O. The minimum atomic E-state index is -0.812. The Balaban J connectivity index is 1.67. The van der Waals surface area contributed by atoms with Gasteiger partial charge in [0.05, 0.1) is 0 Å². The van der Waals surface area contributed by atoms with Crippen molar-refractivity contribution in [2.75, 3.05) is 6.54 Å². The molecule has 0 radical (unpaired) electrons. The maximum absolute atomic E-state index is 11.8. The third-order valence-electron chi connectivity index (χ3n) is 3.28. The van der Waals surface area contributed by atoms with E-state index in [1.807, 2.05) is 40.5 Å². The number of aromatic nitrogens is 4. The van der Waals surface area contributed by atoms with Crippen LogP contribution in [0.2, 0.25) is 0 Å². The molecule has 0 aliphatic rings. The van der Waals surface area contributed by atoms with E-state index in [1.165, 1.54) is 0 Å². The summed E-state index contributed by atoms with van der Waals surface area (Å²) in [6.07, 6.45) is 2.50. The van der Waals surface area contributed by atoms with Gasteiger partial charge in [0.1, 0.15) is 0 Å². The molecule has 3 aromatic rings. The summed E-state index contributed by atoms with van der Waals surface area (Å²) in [6, 6.07) is 7.86. The number of hydrogen-bond acceptors (Lipinski definition) is 4. The van der Waals surface area contributed by atoms with Crippen LogP contribution in [0.15, 0.2) is 40.1 Å². The molecule has 22 heavy (non-hydrogen) atoms. The van der Waals surface area contributed by atoms with Crippen LogP contribution in [0.3, 0.4) is 0 Å². The number of benzene rings is 1. The van der Waals surface area contributed by atoms with E-state index >= 15 is 0 Å². The molecule has 0 aliphatic carbocycles. The molecule has 0 aliphatic heterocycles. The first-order chi connectivity index (χ1) is 10.6. The van der Waals surface area contributed by atoms with E-state index in [4.69, 9.17) is 0 Å². The lowest BCUT2D eigenvalue weighted by Gasteiger charge is -2.03. The van der Waals surface area contributed by atoms with Gasteiger partial charge in [0.25, 0.3) is 11.5 Å². The highest BCUT2D eigenvalue weighted by molar-refractivity contribution is 5.91. The van der Waals surface area contributed by atoms with Crippen LogP contribution in [0.5, 0.6) is 0 Å². The number of hydrogen-bond donors (Lipinski definition) is 4. The van der Waals surface area contributed by atoms with Crippen molar-refractivity contribution in [3.8, 4) is 0 Å². The first-order valence-corrected chi connectivity index (χ1v) is 6.67. The first-order valence-electron chi connectivity index (χ1n) is 6.67. The molecule has 1 amide bonds. The second kappa shape index (κ2) is 5.68. The molecule has 0 fully saturated rings. The predicted octanol–water partition coefficient (Wildman–Crippen LogP) is -0.0880. The van der Waals surface area contributed by atoms with Crippen molar-refractivity contribution < 1.29 is 4.79 Å². The summed E-state index contributed by atoms with van der Waals surface area (Å²) in [7, 11) is 0. The van der Waals surface area contributed by atoms with Crippen LogP contribution < -0.4 is 16.6 Å². The van der Waals surface area contributed by atoms with Crippen molar-refractivity contribution >= 4 is 16.8 Å². The summed E-state index contributed by atoms with van der Waals surface area (Å²) >= 11 is 0. The fourth-order valence-corrected chi connectivity index (χ4v) is 2.23. The highest BCUT2D eigenvalue weighted by Gasteiger charge is 2.12. The van der Waals surface area contributed by atoms with Crippen molar-refractivity contribution in [3.63, 3.8) is 0 Å². The maximum atomic E-state index is 11.8. The highest BCUT2D eigenvalue weighted by atomic mass is 16.2. The van der Waals surface area contributed by atoms with E-state index in [2.05, 4.69) is 15.4 Å². The lowest BCUT2D eigenvalue weighted by Crippen LogP contribution is -2.36.